The zero-order chi connectivity index (χ0) is 14.7. The van der Waals surface area contributed by atoms with Crippen molar-refractivity contribution in [1.29, 1.82) is 0 Å². The highest BCUT2D eigenvalue weighted by molar-refractivity contribution is 7.10. The number of fused-ring (bicyclic) bond motifs is 1. The van der Waals surface area contributed by atoms with Crippen LogP contribution in [0.5, 0.6) is 0 Å². The van der Waals surface area contributed by atoms with Crippen molar-refractivity contribution in [1.82, 2.24) is 10.2 Å². The lowest BCUT2D eigenvalue weighted by Gasteiger charge is -2.34. The van der Waals surface area contributed by atoms with Crippen molar-refractivity contribution in [2.45, 2.75) is 45.2 Å². The minimum Gasteiger partial charge on any atom is -0.480 e. The van der Waals surface area contributed by atoms with Crippen molar-refractivity contribution >= 4 is 23.3 Å². The van der Waals surface area contributed by atoms with Crippen LogP contribution in [0, 0.1) is 0 Å². The maximum absolute atomic E-state index is 12.3. The highest BCUT2D eigenvalue weighted by Crippen LogP contribution is 2.32. The summed E-state index contributed by atoms with van der Waals surface area (Å²) in [7, 11) is 0. The number of hydrogen-bond donors (Lipinski definition) is 2. The van der Waals surface area contributed by atoms with Crippen LogP contribution in [0.1, 0.15) is 43.2 Å². The molecule has 0 saturated carbocycles. The first-order valence-electron chi connectivity index (χ1n) is 6.90. The van der Waals surface area contributed by atoms with Crippen LogP contribution in [-0.4, -0.2) is 34.6 Å². The predicted molar refractivity (Wildman–Crippen MR) is 78.0 cm³/mol. The van der Waals surface area contributed by atoms with Crippen molar-refractivity contribution in [3.05, 3.63) is 21.9 Å². The Kier molecular flexibility index (Phi) is 4.65. The van der Waals surface area contributed by atoms with E-state index in [4.69, 9.17) is 5.11 Å². The number of carbonyl (C=O) groups is 2. The van der Waals surface area contributed by atoms with Crippen LogP contribution in [0.4, 0.5) is 4.79 Å². The number of carboxylic acids is 1. The first-order chi connectivity index (χ1) is 9.54. The molecule has 0 aromatic carbocycles. The quantitative estimate of drug-likeness (QED) is 0.897. The van der Waals surface area contributed by atoms with Crippen LogP contribution in [0.15, 0.2) is 11.4 Å². The second-order valence-corrected chi connectivity index (χ2v) is 6.05. The van der Waals surface area contributed by atoms with Gasteiger partial charge in [-0.25, -0.2) is 9.59 Å². The lowest BCUT2D eigenvalue weighted by molar-refractivity contribution is -0.139. The van der Waals surface area contributed by atoms with Gasteiger partial charge in [-0.15, -0.1) is 11.3 Å². The molecule has 5 nitrogen and oxygen atoms in total. The number of carboxylic acid groups (broad SMARTS) is 1. The fraction of sp³-hybridized carbons (Fsp3) is 0.571. The molecule has 2 atom stereocenters. The minimum atomic E-state index is -0.971. The summed E-state index contributed by atoms with van der Waals surface area (Å²) < 4.78 is 0. The lowest BCUT2D eigenvalue weighted by atomic mass is 10.0. The molecule has 0 fully saturated rings. The number of carbonyl (C=O) groups excluding carboxylic acids is 1. The molecular weight excluding hydrogens is 276 g/mol. The molecular formula is C14H20N2O3S. The molecule has 1 aliphatic rings. The Bertz CT molecular complexity index is 500. The second kappa shape index (κ2) is 6.26. The molecule has 2 rings (SSSR count). The van der Waals surface area contributed by atoms with Gasteiger partial charge < -0.3 is 15.3 Å². The van der Waals surface area contributed by atoms with Gasteiger partial charge in [-0.3, -0.25) is 0 Å². The van der Waals surface area contributed by atoms with Crippen molar-refractivity contribution in [3.8, 4) is 0 Å². The molecule has 2 heterocycles. The van der Waals surface area contributed by atoms with Gasteiger partial charge in [0.2, 0.25) is 0 Å². The van der Waals surface area contributed by atoms with Gasteiger partial charge in [0.15, 0.2) is 0 Å². The molecule has 0 spiro atoms. The number of urea groups is 1. The summed E-state index contributed by atoms with van der Waals surface area (Å²) in [6, 6.07) is 0.963. The maximum Gasteiger partial charge on any atom is 0.326 e. The standard InChI is InChI=1S/C14H20N2O3S/c1-3-4-11(13(17)18)15-14(19)16-7-5-12-10(9(16)2)6-8-20-12/h6,8-9,11H,3-5,7H2,1-2H3,(H,15,19)(H,17,18)/t9?,11-/m1/s1. The molecule has 1 aromatic heterocycles. The van der Waals surface area contributed by atoms with Crippen LogP contribution >= 0.6 is 11.3 Å². The van der Waals surface area contributed by atoms with E-state index in [1.807, 2.05) is 25.3 Å². The SMILES string of the molecule is CCC[C@@H](NC(=O)N1CCc2sccc2C1C)C(=O)O. The molecule has 2 N–H and O–H groups in total. The smallest absolute Gasteiger partial charge is 0.326 e. The second-order valence-electron chi connectivity index (χ2n) is 5.05. The van der Waals surface area contributed by atoms with E-state index in [0.29, 0.717) is 13.0 Å². The molecule has 0 aliphatic carbocycles. The fourth-order valence-electron chi connectivity index (χ4n) is 2.56. The van der Waals surface area contributed by atoms with E-state index in [0.717, 1.165) is 12.8 Å². The van der Waals surface area contributed by atoms with E-state index in [9.17, 15) is 9.59 Å². The molecule has 2 amide bonds. The van der Waals surface area contributed by atoms with Crippen molar-refractivity contribution < 1.29 is 14.7 Å². The molecule has 0 saturated heterocycles. The maximum atomic E-state index is 12.3. The Morgan fingerprint density at radius 2 is 2.35 bits per heavy atom. The predicted octanol–water partition coefficient (Wildman–Crippen LogP) is 2.63. The topological polar surface area (TPSA) is 69.6 Å². The van der Waals surface area contributed by atoms with E-state index < -0.39 is 12.0 Å². The Morgan fingerprint density at radius 3 is 3.00 bits per heavy atom. The molecule has 0 radical (unpaired) electrons. The largest absolute Gasteiger partial charge is 0.480 e. The number of thiophene rings is 1. The highest BCUT2D eigenvalue weighted by Gasteiger charge is 2.30. The summed E-state index contributed by atoms with van der Waals surface area (Å²) in [5.41, 5.74) is 1.18. The number of aliphatic carboxylic acids is 1. The van der Waals surface area contributed by atoms with Crippen LogP contribution < -0.4 is 5.32 Å². The molecule has 6 heteroatoms. The van der Waals surface area contributed by atoms with Crippen LogP contribution in [0.25, 0.3) is 0 Å². The average Bonchev–Trinajstić information content (AvgIpc) is 2.87. The third-order valence-electron chi connectivity index (χ3n) is 3.71. The lowest BCUT2D eigenvalue weighted by Crippen LogP contribution is -2.50. The van der Waals surface area contributed by atoms with Gasteiger partial charge in [-0.1, -0.05) is 13.3 Å². The number of amides is 2. The number of rotatable bonds is 4. The van der Waals surface area contributed by atoms with Gasteiger partial charge in [0.05, 0.1) is 6.04 Å². The summed E-state index contributed by atoms with van der Waals surface area (Å²) in [5, 5.41) is 13.8. The van der Waals surface area contributed by atoms with Crippen LogP contribution in [0.2, 0.25) is 0 Å². The number of nitrogens with zero attached hydrogens (tertiary/aromatic N) is 1. The summed E-state index contributed by atoms with van der Waals surface area (Å²) >= 11 is 1.72. The van der Waals surface area contributed by atoms with E-state index >= 15 is 0 Å². The van der Waals surface area contributed by atoms with Gasteiger partial charge in [-0.2, -0.15) is 0 Å². The summed E-state index contributed by atoms with van der Waals surface area (Å²) in [4.78, 5) is 26.4. The Hall–Kier alpha value is -1.56. The highest BCUT2D eigenvalue weighted by atomic mass is 32.1. The minimum absolute atomic E-state index is 0.000992. The molecule has 1 unspecified atom stereocenters. The monoisotopic (exact) mass is 296 g/mol. The molecule has 1 aliphatic heterocycles. The van der Waals surface area contributed by atoms with Crippen molar-refractivity contribution in [2.75, 3.05) is 6.54 Å². The van der Waals surface area contributed by atoms with Gasteiger partial charge in [0.1, 0.15) is 6.04 Å². The van der Waals surface area contributed by atoms with Crippen molar-refractivity contribution in [2.24, 2.45) is 0 Å². The first kappa shape index (κ1) is 14.8. The first-order valence-corrected chi connectivity index (χ1v) is 7.78. The van der Waals surface area contributed by atoms with E-state index in [1.165, 1.54) is 10.4 Å². The molecule has 110 valence electrons. The Morgan fingerprint density at radius 1 is 1.60 bits per heavy atom. The zero-order valence-corrected chi connectivity index (χ0v) is 12.6. The van der Waals surface area contributed by atoms with Gasteiger partial charge in [-0.05, 0) is 36.8 Å². The van der Waals surface area contributed by atoms with Crippen LogP contribution in [-0.2, 0) is 11.2 Å². The zero-order valence-electron chi connectivity index (χ0n) is 11.8. The van der Waals surface area contributed by atoms with Gasteiger partial charge in [0.25, 0.3) is 0 Å². The van der Waals surface area contributed by atoms with Crippen LogP contribution in [0.3, 0.4) is 0 Å². The normalized spacial score (nSPS) is 19.3. The Labute approximate surface area is 122 Å². The fourth-order valence-corrected chi connectivity index (χ4v) is 3.53. The average molecular weight is 296 g/mol. The summed E-state index contributed by atoms with van der Waals surface area (Å²) in [6.07, 6.45) is 2.02. The third-order valence-corrected chi connectivity index (χ3v) is 4.71. The summed E-state index contributed by atoms with van der Waals surface area (Å²) in [6.45, 7) is 4.53. The van der Waals surface area contributed by atoms with Gasteiger partial charge in [0, 0.05) is 11.4 Å². The number of nitrogens with one attached hydrogen (secondary N) is 1. The van der Waals surface area contributed by atoms with E-state index in [2.05, 4.69) is 5.32 Å². The molecule has 20 heavy (non-hydrogen) atoms. The summed E-state index contributed by atoms with van der Waals surface area (Å²) in [5.74, 6) is -0.971. The van der Waals surface area contributed by atoms with Crippen molar-refractivity contribution in [3.63, 3.8) is 0 Å². The Balaban J connectivity index is 2.05. The van der Waals surface area contributed by atoms with E-state index in [1.54, 1.807) is 16.2 Å². The van der Waals surface area contributed by atoms with Gasteiger partial charge >= 0.3 is 12.0 Å². The third kappa shape index (κ3) is 2.95. The molecule has 0 bridgehead atoms. The number of hydrogen-bond acceptors (Lipinski definition) is 3. The molecule has 1 aromatic rings. The van der Waals surface area contributed by atoms with E-state index in [-0.39, 0.29) is 12.1 Å².